The first kappa shape index (κ1) is 30.8. The lowest BCUT2D eigenvalue weighted by atomic mass is 9.95. The summed E-state index contributed by atoms with van der Waals surface area (Å²) >= 11 is 0. The van der Waals surface area contributed by atoms with E-state index in [9.17, 15) is 19.5 Å². The normalized spacial score (nSPS) is 10.6. The number of hydrogen-bond acceptors (Lipinski definition) is 6. The molecule has 0 aromatic heterocycles. The molecule has 0 amide bonds. The van der Waals surface area contributed by atoms with Gasteiger partial charge in [0.1, 0.15) is 25.6 Å². The van der Waals surface area contributed by atoms with E-state index in [1.54, 1.807) is 60.7 Å². The minimum Gasteiger partial charge on any atom is -0.489 e. The van der Waals surface area contributed by atoms with Gasteiger partial charge in [0.15, 0.2) is 0 Å². The summed E-state index contributed by atoms with van der Waals surface area (Å²) in [5.74, 6) is -1.22. The largest absolute Gasteiger partial charge is 0.489 e. The molecule has 7 nitrogen and oxygen atoms in total. The molecule has 0 aliphatic carbocycles. The van der Waals surface area contributed by atoms with E-state index in [0.717, 1.165) is 27.8 Å². The van der Waals surface area contributed by atoms with Gasteiger partial charge in [0.05, 0.1) is 16.7 Å². The van der Waals surface area contributed by atoms with Crippen molar-refractivity contribution in [2.75, 3.05) is 0 Å². The number of hydrogen-bond donors (Lipinski definition) is 1. The second-order valence-electron chi connectivity index (χ2n) is 10.6. The van der Waals surface area contributed by atoms with E-state index in [0.29, 0.717) is 28.0 Å². The molecule has 0 saturated heterocycles. The number of carboxylic acids is 1. The maximum atomic E-state index is 12.7. The number of carboxylic acid groups (broad SMARTS) is 1. The molecular formula is C38H32O7. The number of esters is 2. The molecule has 45 heavy (non-hydrogen) atoms. The average molecular weight is 601 g/mol. The Bertz CT molecular complexity index is 1830. The predicted molar refractivity (Wildman–Crippen MR) is 170 cm³/mol. The second kappa shape index (κ2) is 14.2. The maximum absolute atomic E-state index is 12.7. The van der Waals surface area contributed by atoms with Gasteiger partial charge in [-0.15, -0.1) is 0 Å². The van der Waals surface area contributed by atoms with Crippen molar-refractivity contribution in [3.05, 3.63) is 160 Å². The molecule has 5 rings (SSSR count). The Morgan fingerprint density at radius 2 is 1.18 bits per heavy atom. The first-order valence-electron chi connectivity index (χ1n) is 14.4. The van der Waals surface area contributed by atoms with Gasteiger partial charge in [0.2, 0.25) is 0 Å². The van der Waals surface area contributed by atoms with Crippen molar-refractivity contribution in [1.82, 2.24) is 0 Å². The molecule has 5 aromatic rings. The summed E-state index contributed by atoms with van der Waals surface area (Å²) in [6.45, 7) is 4.12. The Morgan fingerprint density at radius 1 is 0.556 bits per heavy atom. The average Bonchev–Trinajstić information content (AvgIpc) is 3.07. The standard InChI is InChI=1S/C38H32O7/c1-25-13-17-33(21-35(25)34-18-16-30(36(39)40)19-26(34)2)43-22-27-14-15-31(23-44-37(41)28-9-5-3-6-10-28)32(20-27)24-45-38(42)29-11-7-4-8-12-29/h3-21H,22-24H2,1-2H3,(H,39,40). The van der Waals surface area contributed by atoms with Crippen LogP contribution in [0, 0.1) is 13.8 Å². The Morgan fingerprint density at radius 3 is 1.78 bits per heavy atom. The minimum atomic E-state index is -0.965. The molecule has 5 aromatic carbocycles. The van der Waals surface area contributed by atoms with Crippen LogP contribution in [-0.2, 0) is 29.3 Å². The number of benzene rings is 5. The SMILES string of the molecule is Cc1cc(C(=O)O)ccc1-c1cc(OCc2ccc(COC(=O)c3ccccc3)c(COC(=O)c3ccccc3)c2)ccc1C. The highest BCUT2D eigenvalue weighted by Crippen LogP contribution is 2.31. The summed E-state index contributed by atoms with van der Waals surface area (Å²) in [4.78, 5) is 36.6. The molecule has 226 valence electrons. The van der Waals surface area contributed by atoms with E-state index in [1.165, 1.54) is 0 Å². The van der Waals surface area contributed by atoms with Gasteiger partial charge < -0.3 is 19.3 Å². The fourth-order valence-electron chi connectivity index (χ4n) is 4.89. The van der Waals surface area contributed by atoms with Crippen molar-refractivity contribution < 1.29 is 33.7 Å². The van der Waals surface area contributed by atoms with Gasteiger partial charge in [-0.25, -0.2) is 14.4 Å². The van der Waals surface area contributed by atoms with E-state index in [2.05, 4.69) is 0 Å². The molecule has 0 saturated carbocycles. The summed E-state index contributed by atoms with van der Waals surface area (Å²) in [7, 11) is 0. The third-order valence-corrected chi connectivity index (χ3v) is 7.39. The molecule has 0 fully saturated rings. The lowest BCUT2D eigenvalue weighted by Gasteiger charge is -2.15. The van der Waals surface area contributed by atoms with E-state index in [1.807, 2.05) is 68.4 Å². The Balaban J connectivity index is 1.33. The van der Waals surface area contributed by atoms with Crippen LogP contribution in [0.15, 0.2) is 115 Å². The molecule has 0 spiro atoms. The highest BCUT2D eigenvalue weighted by molar-refractivity contribution is 5.90. The van der Waals surface area contributed by atoms with Gasteiger partial charge in [-0.3, -0.25) is 0 Å². The van der Waals surface area contributed by atoms with Crippen molar-refractivity contribution >= 4 is 17.9 Å². The molecular weight excluding hydrogens is 568 g/mol. The molecule has 0 atom stereocenters. The summed E-state index contributed by atoms with van der Waals surface area (Å²) in [5.41, 5.74) is 7.14. The van der Waals surface area contributed by atoms with Crippen LogP contribution in [0.4, 0.5) is 0 Å². The molecule has 0 aliphatic heterocycles. The fraction of sp³-hybridized carbons (Fsp3) is 0.132. The molecule has 7 heteroatoms. The van der Waals surface area contributed by atoms with Crippen LogP contribution in [0.1, 0.15) is 58.9 Å². The first-order valence-corrected chi connectivity index (χ1v) is 14.4. The van der Waals surface area contributed by atoms with Gasteiger partial charge in [-0.2, -0.15) is 0 Å². The molecule has 0 radical (unpaired) electrons. The minimum absolute atomic E-state index is 0.00836. The number of ether oxygens (including phenoxy) is 3. The summed E-state index contributed by atoms with van der Waals surface area (Å²) < 4.78 is 17.4. The zero-order valence-corrected chi connectivity index (χ0v) is 25.0. The van der Waals surface area contributed by atoms with Crippen molar-refractivity contribution in [2.45, 2.75) is 33.7 Å². The third kappa shape index (κ3) is 7.83. The molecule has 0 unspecified atom stereocenters. The summed E-state index contributed by atoms with van der Waals surface area (Å²) in [6.07, 6.45) is 0. The molecule has 0 aliphatic rings. The number of rotatable bonds is 11. The fourth-order valence-corrected chi connectivity index (χ4v) is 4.89. The van der Waals surface area contributed by atoms with Crippen LogP contribution in [0.2, 0.25) is 0 Å². The zero-order valence-electron chi connectivity index (χ0n) is 25.0. The lowest BCUT2D eigenvalue weighted by Crippen LogP contribution is -2.10. The maximum Gasteiger partial charge on any atom is 0.338 e. The van der Waals surface area contributed by atoms with Crippen LogP contribution >= 0.6 is 0 Å². The quantitative estimate of drug-likeness (QED) is 0.154. The summed E-state index contributed by atoms with van der Waals surface area (Å²) in [5, 5.41) is 9.33. The van der Waals surface area contributed by atoms with E-state index < -0.39 is 17.9 Å². The molecule has 1 N–H and O–H groups in total. The van der Waals surface area contributed by atoms with Gasteiger partial charge in [-0.1, -0.05) is 60.7 Å². The molecule has 0 bridgehead atoms. The topological polar surface area (TPSA) is 99.1 Å². The number of aryl methyl sites for hydroxylation is 2. The zero-order chi connectivity index (χ0) is 31.8. The Hall–Kier alpha value is -5.69. The van der Waals surface area contributed by atoms with E-state index >= 15 is 0 Å². The lowest BCUT2D eigenvalue weighted by molar-refractivity contribution is 0.0435. The number of carbonyl (C=O) groups excluding carboxylic acids is 2. The monoisotopic (exact) mass is 600 g/mol. The van der Waals surface area contributed by atoms with E-state index in [4.69, 9.17) is 14.2 Å². The van der Waals surface area contributed by atoms with Crippen LogP contribution in [0.3, 0.4) is 0 Å². The van der Waals surface area contributed by atoms with Gasteiger partial charge in [0, 0.05) is 0 Å². The summed E-state index contributed by atoms with van der Waals surface area (Å²) in [6, 6.07) is 34.0. The number of aromatic carboxylic acids is 1. The van der Waals surface area contributed by atoms with Crippen LogP contribution < -0.4 is 4.74 Å². The van der Waals surface area contributed by atoms with Crippen molar-refractivity contribution in [3.8, 4) is 16.9 Å². The van der Waals surface area contributed by atoms with Gasteiger partial charge in [-0.05, 0) is 107 Å². The van der Waals surface area contributed by atoms with E-state index in [-0.39, 0.29) is 25.4 Å². The Labute approximate surface area is 261 Å². The highest BCUT2D eigenvalue weighted by Gasteiger charge is 2.14. The Kier molecular flexibility index (Phi) is 9.70. The van der Waals surface area contributed by atoms with Gasteiger partial charge >= 0.3 is 17.9 Å². The van der Waals surface area contributed by atoms with Crippen molar-refractivity contribution in [2.24, 2.45) is 0 Å². The highest BCUT2D eigenvalue weighted by atomic mass is 16.5. The van der Waals surface area contributed by atoms with Crippen molar-refractivity contribution in [1.29, 1.82) is 0 Å². The first-order chi connectivity index (χ1) is 21.8. The smallest absolute Gasteiger partial charge is 0.338 e. The third-order valence-electron chi connectivity index (χ3n) is 7.39. The molecule has 0 heterocycles. The van der Waals surface area contributed by atoms with Crippen LogP contribution in [-0.4, -0.2) is 23.0 Å². The van der Waals surface area contributed by atoms with Crippen molar-refractivity contribution in [3.63, 3.8) is 0 Å². The predicted octanol–water partition coefficient (Wildman–Crippen LogP) is 7.96. The van der Waals surface area contributed by atoms with Crippen LogP contribution in [0.25, 0.3) is 11.1 Å². The second-order valence-corrected chi connectivity index (χ2v) is 10.6. The number of carbonyl (C=O) groups is 3. The van der Waals surface area contributed by atoms with Crippen LogP contribution in [0.5, 0.6) is 5.75 Å². The van der Waals surface area contributed by atoms with Gasteiger partial charge in [0.25, 0.3) is 0 Å².